The zero-order valence-corrected chi connectivity index (χ0v) is 10.0. The highest BCUT2D eigenvalue weighted by Crippen LogP contribution is 2.42. The first kappa shape index (κ1) is 17.2. The van der Waals surface area contributed by atoms with Crippen LogP contribution >= 0.6 is 0 Å². The van der Waals surface area contributed by atoms with Gasteiger partial charge in [-0.1, -0.05) is 6.07 Å². The molecule has 0 saturated heterocycles. The Morgan fingerprint density at radius 2 is 1.38 bits per heavy atom. The Kier molecular flexibility index (Phi) is 4.54. The normalized spacial score (nSPS) is 15.6. The van der Waals surface area contributed by atoms with Crippen LogP contribution in [0.25, 0.3) is 0 Å². The van der Waals surface area contributed by atoms with E-state index in [0.717, 1.165) is 0 Å². The van der Waals surface area contributed by atoms with Gasteiger partial charge in [0.05, 0.1) is 11.1 Å². The van der Waals surface area contributed by atoms with Crippen LogP contribution in [0.15, 0.2) is 18.2 Å². The number of rotatable bonds is 3. The van der Waals surface area contributed by atoms with Gasteiger partial charge in [0.1, 0.15) is 6.10 Å². The molecule has 0 aliphatic heterocycles. The van der Waals surface area contributed by atoms with Gasteiger partial charge in [-0.15, -0.1) is 0 Å². The number of alkyl halides is 6. The molecule has 0 radical (unpaired) electrons. The fourth-order valence-corrected chi connectivity index (χ4v) is 1.69. The molecule has 2 unspecified atom stereocenters. The molecule has 2 atom stereocenters. The maximum absolute atomic E-state index is 12.8. The predicted octanol–water partition coefficient (Wildman–Crippen LogP) is 1.60. The van der Waals surface area contributed by atoms with Crippen molar-refractivity contribution in [3.63, 3.8) is 0 Å². The average Bonchev–Trinajstić information content (AvgIpc) is 2.33. The SMILES string of the molecule is NC(=O)C(O)C(O)c1c(C(F)(F)F)cccc1C(F)(F)F. The summed E-state index contributed by atoms with van der Waals surface area (Å²) in [7, 11) is 0. The number of benzene rings is 1. The first-order valence-corrected chi connectivity index (χ1v) is 5.30. The number of carbonyl (C=O) groups excluding carboxylic acids is 1. The molecule has 1 aromatic rings. The average molecular weight is 317 g/mol. The molecule has 0 saturated carbocycles. The number of halogens is 6. The van der Waals surface area contributed by atoms with E-state index in [-0.39, 0.29) is 0 Å². The highest BCUT2D eigenvalue weighted by atomic mass is 19.4. The van der Waals surface area contributed by atoms with Crippen LogP contribution in [-0.2, 0) is 17.1 Å². The predicted molar refractivity (Wildman–Crippen MR) is 56.6 cm³/mol. The van der Waals surface area contributed by atoms with Crippen LogP contribution in [0.3, 0.4) is 0 Å². The van der Waals surface area contributed by atoms with Gasteiger partial charge in [0.25, 0.3) is 0 Å². The zero-order valence-electron chi connectivity index (χ0n) is 10.0. The molecule has 21 heavy (non-hydrogen) atoms. The lowest BCUT2D eigenvalue weighted by molar-refractivity contribution is -0.149. The molecular weight excluding hydrogens is 308 g/mol. The molecule has 0 bridgehead atoms. The van der Waals surface area contributed by atoms with Crippen molar-refractivity contribution in [2.24, 2.45) is 5.73 Å². The number of aliphatic hydroxyl groups is 2. The van der Waals surface area contributed by atoms with Crippen LogP contribution in [0, 0.1) is 0 Å². The van der Waals surface area contributed by atoms with Crippen LogP contribution in [-0.4, -0.2) is 22.2 Å². The summed E-state index contributed by atoms with van der Waals surface area (Å²) in [6.45, 7) is 0. The fourth-order valence-electron chi connectivity index (χ4n) is 1.69. The van der Waals surface area contributed by atoms with Crippen molar-refractivity contribution in [2.75, 3.05) is 0 Å². The van der Waals surface area contributed by atoms with Crippen molar-refractivity contribution in [2.45, 2.75) is 24.6 Å². The van der Waals surface area contributed by atoms with E-state index in [9.17, 15) is 36.2 Å². The molecule has 0 heterocycles. The van der Waals surface area contributed by atoms with E-state index in [2.05, 4.69) is 5.73 Å². The number of amides is 1. The van der Waals surface area contributed by atoms with E-state index < -0.39 is 47.2 Å². The summed E-state index contributed by atoms with van der Waals surface area (Å²) in [6, 6.07) is 1.08. The third kappa shape index (κ3) is 3.64. The highest BCUT2D eigenvalue weighted by Gasteiger charge is 2.44. The second-order valence-corrected chi connectivity index (χ2v) is 4.05. The lowest BCUT2D eigenvalue weighted by Crippen LogP contribution is -2.36. The molecule has 0 aliphatic rings. The van der Waals surface area contributed by atoms with E-state index >= 15 is 0 Å². The molecule has 4 nitrogen and oxygen atoms in total. The molecule has 118 valence electrons. The van der Waals surface area contributed by atoms with E-state index in [4.69, 9.17) is 5.11 Å². The Hall–Kier alpha value is -1.81. The molecule has 0 aromatic heterocycles. The minimum absolute atomic E-state index is 0.293. The lowest BCUT2D eigenvalue weighted by Gasteiger charge is -2.24. The summed E-state index contributed by atoms with van der Waals surface area (Å²) < 4.78 is 76.6. The standard InChI is InChI=1S/C11H9F6NO3/c12-10(13,14)4-2-1-3-5(11(15,16)17)6(4)7(19)8(20)9(18)21/h1-3,7-8,19-20H,(H2,18,21). The molecular formula is C11H9F6NO3. The van der Waals surface area contributed by atoms with Crippen molar-refractivity contribution in [1.82, 2.24) is 0 Å². The lowest BCUT2D eigenvalue weighted by atomic mass is 9.92. The molecule has 10 heteroatoms. The summed E-state index contributed by atoms with van der Waals surface area (Å²) in [4.78, 5) is 10.7. The molecule has 0 aliphatic carbocycles. The van der Waals surface area contributed by atoms with Crippen molar-refractivity contribution in [3.05, 3.63) is 34.9 Å². The number of primary amides is 1. The Bertz CT molecular complexity index is 507. The Balaban J connectivity index is 3.61. The smallest absolute Gasteiger partial charge is 0.385 e. The van der Waals surface area contributed by atoms with Crippen LogP contribution in [0.1, 0.15) is 22.8 Å². The van der Waals surface area contributed by atoms with Crippen molar-refractivity contribution >= 4 is 5.91 Å². The fraction of sp³-hybridized carbons (Fsp3) is 0.364. The Morgan fingerprint density at radius 1 is 1.00 bits per heavy atom. The quantitative estimate of drug-likeness (QED) is 0.741. The first-order chi connectivity index (χ1) is 9.37. The van der Waals surface area contributed by atoms with Gasteiger partial charge in [-0.05, 0) is 12.1 Å². The summed E-state index contributed by atoms with van der Waals surface area (Å²) in [6.07, 6.45) is -15.8. The largest absolute Gasteiger partial charge is 0.416 e. The Labute approximate surface area is 113 Å². The molecule has 0 fully saturated rings. The van der Waals surface area contributed by atoms with Crippen molar-refractivity contribution in [3.8, 4) is 0 Å². The Morgan fingerprint density at radius 3 is 1.67 bits per heavy atom. The first-order valence-electron chi connectivity index (χ1n) is 5.30. The van der Waals surface area contributed by atoms with Crippen molar-refractivity contribution < 1.29 is 41.4 Å². The molecule has 1 rings (SSSR count). The zero-order chi connectivity index (χ0) is 16.6. The van der Waals surface area contributed by atoms with Crippen LogP contribution in [0.5, 0.6) is 0 Å². The van der Waals surface area contributed by atoms with Gasteiger partial charge in [-0.25, -0.2) is 0 Å². The van der Waals surface area contributed by atoms with Crippen LogP contribution < -0.4 is 5.73 Å². The number of hydrogen-bond acceptors (Lipinski definition) is 3. The summed E-state index contributed by atoms with van der Waals surface area (Å²) in [5, 5.41) is 18.7. The van der Waals surface area contributed by atoms with Gasteiger partial charge in [0.2, 0.25) is 5.91 Å². The maximum Gasteiger partial charge on any atom is 0.416 e. The van der Waals surface area contributed by atoms with Crippen LogP contribution in [0.2, 0.25) is 0 Å². The van der Waals surface area contributed by atoms with E-state index in [1.165, 1.54) is 0 Å². The van der Waals surface area contributed by atoms with Gasteiger partial charge >= 0.3 is 12.4 Å². The molecule has 4 N–H and O–H groups in total. The van der Waals surface area contributed by atoms with E-state index in [0.29, 0.717) is 18.2 Å². The summed E-state index contributed by atoms with van der Waals surface area (Å²) >= 11 is 0. The van der Waals surface area contributed by atoms with Gasteiger partial charge < -0.3 is 15.9 Å². The van der Waals surface area contributed by atoms with Gasteiger partial charge in [-0.3, -0.25) is 4.79 Å². The molecule has 1 amide bonds. The minimum Gasteiger partial charge on any atom is -0.385 e. The van der Waals surface area contributed by atoms with Gasteiger partial charge in [0.15, 0.2) is 6.10 Å². The third-order valence-corrected chi connectivity index (χ3v) is 2.60. The van der Waals surface area contributed by atoms with Gasteiger partial charge in [-0.2, -0.15) is 26.3 Å². The third-order valence-electron chi connectivity index (χ3n) is 2.60. The second kappa shape index (κ2) is 5.53. The molecule has 0 spiro atoms. The number of carbonyl (C=O) groups is 1. The minimum atomic E-state index is -5.23. The van der Waals surface area contributed by atoms with Crippen LogP contribution in [0.4, 0.5) is 26.3 Å². The van der Waals surface area contributed by atoms with Gasteiger partial charge in [0, 0.05) is 5.56 Å². The number of nitrogens with two attached hydrogens (primary N) is 1. The highest BCUT2D eigenvalue weighted by molar-refractivity contribution is 5.79. The molecule has 1 aromatic carbocycles. The number of hydrogen-bond donors (Lipinski definition) is 3. The summed E-state index contributed by atoms with van der Waals surface area (Å²) in [5.74, 6) is -1.66. The van der Waals surface area contributed by atoms with E-state index in [1.54, 1.807) is 0 Å². The monoisotopic (exact) mass is 317 g/mol. The second-order valence-electron chi connectivity index (χ2n) is 4.05. The number of aliphatic hydroxyl groups excluding tert-OH is 2. The van der Waals surface area contributed by atoms with E-state index in [1.807, 2.05) is 0 Å². The summed E-state index contributed by atoms with van der Waals surface area (Å²) in [5.41, 5.74) is -0.698. The maximum atomic E-state index is 12.8. The van der Waals surface area contributed by atoms with Crippen molar-refractivity contribution in [1.29, 1.82) is 0 Å². The topological polar surface area (TPSA) is 83.6 Å².